The summed E-state index contributed by atoms with van der Waals surface area (Å²) in [5.41, 5.74) is 1.57. The molecule has 0 heterocycles. The van der Waals surface area contributed by atoms with Crippen LogP contribution in [0.5, 0.6) is 0 Å². The molecule has 0 aromatic heterocycles. The molecule has 0 aliphatic heterocycles. The zero-order valence-corrected chi connectivity index (χ0v) is 16.1. The molecule has 8 heteroatoms. The molecule has 0 bridgehead atoms. The Morgan fingerprint density at radius 3 is 2.48 bits per heavy atom. The van der Waals surface area contributed by atoms with Crippen LogP contribution in [0.1, 0.15) is 29.3 Å². The highest BCUT2D eigenvalue weighted by Crippen LogP contribution is 2.26. The largest absolute Gasteiger partial charge is 0.375 e. The summed E-state index contributed by atoms with van der Waals surface area (Å²) in [5.74, 6) is -0.319. The van der Waals surface area contributed by atoms with Crippen LogP contribution >= 0.6 is 12.4 Å². The van der Waals surface area contributed by atoms with Crippen LogP contribution in [0.3, 0.4) is 0 Å². The van der Waals surface area contributed by atoms with Crippen LogP contribution in [-0.4, -0.2) is 30.5 Å². The number of hydrogen-bond donors (Lipinski definition) is 3. The Kier molecular flexibility index (Phi) is 9.85. The summed E-state index contributed by atoms with van der Waals surface area (Å²) in [6, 6.07) is 14.1. The summed E-state index contributed by atoms with van der Waals surface area (Å²) < 4.78 is 0. The van der Waals surface area contributed by atoms with Gasteiger partial charge in [0.2, 0.25) is 0 Å². The number of nitro groups is 1. The molecule has 27 heavy (non-hydrogen) atoms. The zero-order valence-electron chi connectivity index (χ0n) is 15.2. The van der Waals surface area contributed by atoms with Gasteiger partial charge in [0.25, 0.3) is 11.6 Å². The quantitative estimate of drug-likeness (QED) is 0.327. The highest BCUT2D eigenvalue weighted by atomic mass is 35.5. The van der Waals surface area contributed by atoms with Crippen molar-refractivity contribution in [2.75, 3.05) is 25.0 Å². The van der Waals surface area contributed by atoms with Crippen molar-refractivity contribution in [2.24, 2.45) is 0 Å². The summed E-state index contributed by atoms with van der Waals surface area (Å²) in [6.45, 7) is 4.57. The first-order chi connectivity index (χ1) is 12.6. The maximum Gasteiger partial charge on any atom is 0.293 e. The molecular weight excluding hydrogens is 368 g/mol. The minimum absolute atomic E-state index is 0. The van der Waals surface area contributed by atoms with Gasteiger partial charge in [0.05, 0.1) is 4.92 Å². The van der Waals surface area contributed by atoms with Gasteiger partial charge in [-0.3, -0.25) is 14.9 Å². The Morgan fingerprint density at radius 2 is 1.81 bits per heavy atom. The standard InChI is InChI=1S/C19H24N4O3.ClH/c1-2-10-20-11-12-21-19(24)16-8-9-17(18(13-16)23(25)26)22-14-15-6-4-3-5-7-15;/h3-9,13,20,22H,2,10-12,14H2,1H3,(H,21,24);1H. The van der Waals surface area contributed by atoms with Crippen molar-refractivity contribution in [1.82, 2.24) is 10.6 Å². The van der Waals surface area contributed by atoms with Crippen LogP contribution in [0.2, 0.25) is 0 Å². The third-order valence-electron chi connectivity index (χ3n) is 3.80. The molecule has 3 N–H and O–H groups in total. The summed E-state index contributed by atoms with van der Waals surface area (Å²) >= 11 is 0. The van der Waals surface area contributed by atoms with Gasteiger partial charge in [0.1, 0.15) is 5.69 Å². The highest BCUT2D eigenvalue weighted by Gasteiger charge is 2.17. The van der Waals surface area contributed by atoms with Gasteiger partial charge in [-0.15, -0.1) is 12.4 Å². The van der Waals surface area contributed by atoms with Crippen LogP contribution in [-0.2, 0) is 6.54 Å². The lowest BCUT2D eigenvalue weighted by atomic mass is 10.1. The minimum atomic E-state index is -0.479. The number of anilines is 1. The van der Waals surface area contributed by atoms with Crippen LogP contribution in [0, 0.1) is 10.1 Å². The Bertz CT molecular complexity index is 741. The molecule has 0 saturated heterocycles. The van der Waals surface area contributed by atoms with Crippen molar-refractivity contribution >= 4 is 29.7 Å². The molecule has 0 aliphatic carbocycles. The van der Waals surface area contributed by atoms with Gasteiger partial charge in [-0.2, -0.15) is 0 Å². The van der Waals surface area contributed by atoms with Gasteiger partial charge in [-0.05, 0) is 30.7 Å². The van der Waals surface area contributed by atoms with Crippen LogP contribution in [0.15, 0.2) is 48.5 Å². The molecule has 0 atom stereocenters. The lowest BCUT2D eigenvalue weighted by molar-refractivity contribution is -0.384. The second-order valence-electron chi connectivity index (χ2n) is 5.83. The third-order valence-corrected chi connectivity index (χ3v) is 3.80. The summed E-state index contributed by atoms with van der Waals surface area (Å²) in [5, 5.41) is 20.4. The number of amides is 1. The molecule has 0 radical (unpaired) electrons. The SMILES string of the molecule is CCCNCCNC(=O)c1ccc(NCc2ccccc2)c([N+](=O)[O-])c1.Cl. The molecule has 0 saturated carbocycles. The van der Waals surface area contributed by atoms with Crippen molar-refractivity contribution in [1.29, 1.82) is 0 Å². The predicted octanol–water partition coefficient (Wildman–Crippen LogP) is 3.36. The van der Waals surface area contributed by atoms with Crippen molar-refractivity contribution in [2.45, 2.75) is 19.9 Å². The summed E-state index contributed by atoms with van der Waals surface area (Å²) in [6.07, 6.45) is 1.03. The van der Waals surface area contributed by atoms with E-state index < -0.39 is 4.92 Å². The molecule has 2 rings (SSSR count). The van der Waals surface area contributed by atoms with Crippen molar-refractivity contribution < 1.29 is 9.72 Å². The van der Waals surface area contributed by atoms with E-state index in [9.17, 15) is 14.9 Å². The van der Waals surface area contributed by atoms with Gasteiger partial charge >= 0.3 is 0 Å². The maximum absolute atomic E-state index is 12.2. The normalized spacial score (nSPS) is 9.96. The second kappa shape index (κ2) is 11.9. The number of carbonyl (C=O) groups is 1. The van der Waals surface area contributed by atoms with E-state index in [2.05, 4.69) is 22.9 Å². The number of hydrogen-bond acceptors (Lipinski definition) is 5. The fourth-order valence-electron chi connectivity index (χ4n) is 2.43. The molecule has 0 aliphatic rings. The Balaban J connectivity index is 0.00000364. The van der Waals surface area contributed by atoms with Gasteiger partial charge in [0, 0.05) is 31.3 Å². The molecule has 2 aromatic rings. The van der Waals surface area contributed by atoms with E-state index in [0.29, 0.717) is 25.3 Å². The molecule has 1 amide bonds. The van der Waals surface area contributed by atoms with Crippen molar-refractivity contribution in [3.63, 3.8) is 0 Å². The number of carbonyl (C=O) groups excluding carboxylic acids is 1. The number of nitro benzene ring substituents is 1. The van der Waals surface area contributed by atoms with E-state index >= 15 is 0 Å². The summed E-state index contributed by atoms with van der Waals surface area (Å²) in [4.78, 5) is 23.0. The van der Waals surface area contributed by atoms with E-state index in [1.54, 1.807) is 12.1 Å². The molecule has 0 spiro atoms. The maximum atomic E-state index is 12.2. The Hall–Kier alpha value is -2.64. The van der Waals surface area contributed by atoms with Gasteiger partial charge in [-0.25, -0.2) is 0 Å². The fourth-order valence-corrected chi connectivity index (χ4v) is 2.43. The monoisotopic (exact) mass is 392 g/mol. The number of benzene rings is 2. The first kappa shape index (κ1) is 22.4. The molecule has 146 valence electrons. The van der Waals surface area contributed by atoms with E-state index in [0.717, 1.165) is 18.5 Å². The highest BCUT2D eigenvalue weighted by molar-refractivity contribution is 5.95. The average molecular weight is 393 g/mol. The van der Waals surface area contributed by atoms with Gasteiger partial charge in [-0.1, -0.05) is 37.3 Å². The summed E-state index contributed by atoms with van der Waals surface area (Å²) in [7, 11) is 0. The van der Waals surface area contributed by atoms with Gasteiger partial charge < -0.3 is 16.0 Å². The van der Waals surface area contributed by atoms with Crippen LogP contribution in [0.4, 0.5) is 11.4 Å². The molecule has 2 aromatic carbocycles. The first-order valence-corrected chi connectivity index (χ1v) is 8.67. The lowest BCUT2D eigenvalue weighted by Gasteiger charge is -2.10. The van der Waals surface area contributed by atoms with E-state index in [4.69, 9.17) is 0 Å². The molecule has 0 unspecified atom stereocenters. The van der Waals surface area contributed by atoms with E-state index in [-0.39, 0.29) is 29.6 Å². The van der Waals surface area contributed by atoms with E-state index in [1.807, 2.05) is 30.3 Å². The number of nitrogens with one attached hydrogen (secondary N) is 3. The smallest absolute Gasteiger partial charge is 0.293 e. The van der Waals surface area contributed by atoms with E-state index in [1.165, 1.54) is 6.07 Å². The van der Waals surface area contributed by atoms with Crippen molar-refractivity contribution in [3.8, 4) is 0 Å². The topological polar surface area (TPSA) is 96.3 Å². The fraction of sp³-hybridized carbons (Fsp3) is 0.316. The third kappa shape index (κ3) is 7.24. The molecule has 7 nitrogen and oxygen atoms in total. The molecule has 0 fully saturated rings. The molecular formula is C19H25ClN4O3. The predicted molar refractivity (Wildman–Crippen MR) is 110 cm³/mol. The Morgan fingerprint density at radius 1 is 1.07 bits per heavy atom. The number of halogens is 1. The number of rotatable bonds is 10. The average Bonchev–Trinajstić information content (AvgIpc) is 2.66. The van der Waals surface area contributed by atoms with Crippen LogP contribution in [0.25, 0.3) is 0 Å². The van der Waals surface area contributed by atoms with Crippen LogP contribution < -0.4 is 16.0 Å². The number of nitrogens with zero attached hydrogens (tertiary/aromatic N) is 1. The zero-order chi connectivity index (χ0) is 18.8. The first-order valence-electron chi connectivity index (χ1n) is 8.67. The van der Waals surface area contributed by atoms with Gasteiger partial charge in [0.15, 0.2) is 0 Å². The lowest BCUT2D eigenvalue weighted by Crippen LogP contribution is -2.32. The second-order valence-corrected chi connectivity index (χ2v) is 5.83. The minimum Gasteiger partial charge on any atom is -0.375 e. The van der Waals surface area contributed by atoms with Crippen molar-refractivity contribution in [3.05, 3.63) is 69.8 Å². The Labute approximate surface area is 165 Å².